The van der Waals surface area contributed by atoms with Gasteiger partial charge in [0.05, 0.1) is 17.9 Å². The highest BCUT2D eigenvalue weighted by atomic mass is 16.5. The van der Waals surface area contributed by atoms with Crippen LogP contribution in [0.2, 0.25) is 0 Å². The van der Waals surface area contributed by atoms with Gasteiger partial charge in [0.25, 0.3) is 0 Å². The maximum absolute atomic E-state index is 5.51. The zero-order chi connectivity index (χ0) is 17.2. The largest absolute Gasteiger partial charge is 0.338 e. The highest BCUT2D eigenvalue weighted by Gasteiger charge is 2.22. The number of aryl methyl sites for hydroxylation is 1. The molecule has 132 valence electrons. The Hall–Kier alpha value is -2.21. The van der Waals surface area contributed by atoms with Gasteiger partial charge in [0.15, 0.2) is 5.82 Å². The van der Waals surface area contributed by atoms with E-state index in [-0.39, 0.29) is 6.04 Å². The van der Waals surface area contributed by atoms with Crippen LogP contribution in [-0.4, -0.2) is 19.5 Å². The molecule has 4 rings (SSSR count). The molecule has 1 fully saturated rings. The number of rotatable bonds is 5. The molecule has 0 bridgehead atoms. The van der Waals surface area contributed by atoms with Gasteiger partial charge >= 0.3 is 0 Å². The number of hydrogen-bond acceptors (Lipinski definition) is 5. The van der Waals surface area contributed by atoms with Crippen molar-refractivity contribution in [2.45, 2.75) is 64.5 Å². The molecule has 3 heterocycles. The lowest BCUT2D eigenvalue weighted by Crippen LogP contribution is -2.19. The SMILES string of the molecule is Cc1ccn2c(CNC(C)c3nc(C4CCCCC4)no3)cnc2c1. The number of imidazole rings is 1. The second-order valence-corrected chi connectivity index (χ2v) is 7.11. The van der Waals surface area contributed by atoms with Gasteiger partial charge in [-0.2, -0.15) is 4.98 Å². The molecule has 1 aliphatic rings. The summed E-state index contributed by atoms with van der Waals surface area (Å²) in [6, 6.07) is 4.19. The van der Waals surface area contributed by atoms with Crippen LogP contribution in [-0.2, 0) is 6.54 Å². The fourth-order valence-electron chi connectivity index (χ4n) is 3.56. The van der Waals surface area contributed by atoms with Crippen LogP contribution in [0.4, 0.5) is 0 Å². The van der Waals surface area contributed by atoms with Crippen LogP contribution in [0.5, 0.6) is 0 Å². The molecule has 0 radical (unpaired) electrons. The number of pyridine rings is 1. The van der Waals surface area contributed by atoms with Crippen molar-refractivity contribution < 1.29 is 4.52 Å². The van der Waals surface area contributed by atoms with Crippen molar-refractivity contribution in [3.8, 4) is 0 Å². The van der Waals surface area contributed by atoms with E-state index in [2.05, 4.69) is 57.0 Å². The maximum atomic E-state index is 5.51. The zero-order valence-electron chi connectivity index (χ0n) is 14.9. The van der Waals surface area contributed by atoms with Gasteiger partial charge < -0.3 is 14.2 Å². The molecule has 0 aliphatic heterocycles. The summed E-state index contributed by atoms with van der Waals surface area (Å²) < 4.78 is 7.61. The monoisotopic (exact) mass is 339 g/mol. The minimum atomic E-state index is 0.0147. The van der Waals surface area contributed by atoms with E-state index < -0.39 is 0 Å². The fraction of sp³-hybridized carbons (Fsp3) is 0.526. The van der Waals surface area contributed by atoms with E-state index in [1.807, 2.05) is 6.20 Å². The van der Waals surface area contributed by atoms with E-state index in [1.165, 1.54) is 37.7 Å². The lowest BCUT2D eigenvalue weighted by Gasteiger charge is -2.17. The molecule has 6 nitrogen and oxygen atoms in total. The minimum absolute atomic E-state index is 0.0147. The predicted octanol–water partition coefficient (Wildman–Crippen LogP) is 3.92. The molecule has 0 spiro atoms. The number of nitrogens with zero attached hydrogens (tertiary/aromatic N) is 4. The molecule has 1 unspecified atom stereocenters. The molecule has 3 aromatic heterocycles. The third-order valence-electron chi connectivity index (χ3n) is 5.13. The third-order valence-corrected chi connectivity index (χ3v) is 5.13. The van der Waals surface area contributed by atoms with Gasteiger partial charge in [0, 0.05) is 18.7 Å². The summed E-state index contributed by atoms with van der Waals surface area (Å²) in [4.78, 5) is 9.11. The Labute approximate surface area is 147 Å². The Balaban J connectivity index is 1.41. The van der Waals surface area contributed by atoms with Gasteiger partial charge in [-0.1, -0.05) is 24.4 Å². The first-order valence-corrected chi connectivity index (χ1v) is 9.20. The Kier molecular flexibility index (Phi) is 4.53. The molecular weight excluding hydrogens is 314 g/mol. The van der Waals surface area contributed by atoms with Crippen LogP contribution in [0.15, 0.2) is 29.0 Å². The third kappa shape index (κ3) is 3.44. The molecule has 1 aliphatic carbocycles. The standard InChI is InChI=1S/C19H25N5O/c1-13-8-9-24-16(12-21-17(24)10-13)11-20-14(2)19-22-18(23-25-19)15-6-4-3-5-7-15/h8-10,12,14-15,20H,3-7,11H2,1-2H3. The van der Waals surface area contributed by atoms with E-state index in [1.54, 1.807) is 0 Å². The van der Waals surface area contributed by atoms with Crippen molar-refractivity contribution in [1.29, 1.82) is 0 Å². The van der Waals surface area contributed by atoms with Crippen LogP contribution in [0, 0.1) is 6.92 Å². The maximum Gasteiger partial charge on any atom is 0.243 e. The number of nitrogens with one attached hydrogen (secondary N) is 1. The van der Waals surface area contributed by atoms with Gasteiger partial charge in [-0.05, 0) is 44.4 Å². The van der Waals surface area contributed by atoms with Crippen LogP contribution in [0.25, 0.3) is 5.65 Å². The minimum Gasteiger partial charge on any atom is -0.338 e. The van der Waals surface area contributed by atoms with Crippen molar-refractivity contribution in [2.24, 2.45) is 0 Å². The van der Waals surface area contributed by atoms with Gasteiger partial charge in [-0.15, -0.1) is 0 Å². The lowest BCUT2D eigenvalue weighted by molar-refractivity contribution is 0.328. The van der Waals surface area contributed by atoms with Crippen LogP contribution in [0.1, 0.15) is 74.0 Å². The smallest absolute Gasteiger partial charge is 0.243 e. The summed E-state index contributed by atoms with van der Waals surface area (Å²) >= 11 is 0. The molecule has 6 heteroatoms. The molecule has 0 amide bonds. The summed E-state index contributed by atoms with van der Waals surface area (Å²) in [7, 11) is 0. The topological polar surface area (TPSA) is 68.2 Å². The average molecular weight is 339 g/mol. The molecule has 1 N–H and O–H groups in total. The van der Waals surface area contributed by atoms with E-state index >= 15 is 0 Å². The van der Waals surface area contributed by atoms with E-state index in [0.717, 1.165) is 17.2 Å². The van der Waals surface area contributed by atoms with Crippen molar-refractivity contribution in [2.75, 3.05) is 0 Å². The van der Waals surface area contributed by atoms with Crippen LogP contribution in [0.3, 0.4) is 0 Å². The second kappa shape index (κ2) is 6.96. The molecule has 1 atom stereocenters. The number of aromatic nitrogens is 4. The molecule has 0 aromatic carbocycles. The number of hydrogen-bond donors (Lipinski definition) is 1. The number of fused-ring (bicyclic) bond motifs is 1. The van der Waals surface area contributed by atoms with Crippen LogP contribution < -0.4 is 5.32 Å². The van der Waals surface area contributed by atoms with Crippen molar-refractivity contribution >= 4 is 5.65 Å². The van der Waals surface area contributed by atoms with Crippen molar-refractivity contribution in [3.05, 3.63) is 47.5 Å². The summed E-state index contributed by atoms with van der Waals surface area (Å²) in [5.74, 6) is 2.03. The van der Waals surface area contributed by atoms with Crippen molar-refractivity contribution in [3.63, 3.8) is 0 Å². The average Bonchev–Trinajstić information content (AvgIpc) is 3.27. The normalized spacial score (nSPS) is 17.2. The molecule has 1 saturated carbocycles. The molecule has 25 heavy (non-hydrogen) atoms. The summed E-state index contributed by atoms with van der Waals surface area (Å²) in [6.07, 6.45) is 10.2. The Morgan fingerprint density at radius 2 is 2.16 bits per heavy atom. The summed E-state index contributed by atoms with van der Waals surface area (Å²) in [6.45, 7) is 4.84. The molecular formula is C19H25N5O. The van der Waals surface area contributed by atoms with Gasteiger partial charge in [0.1, 0.15) is 5.65 Å². The Morgan fingerprint density at radius 1 is 1.32 bits per heavy atom. The highest BCUT2D eigenvalue weighted by molar-refractivity contribution is 5.42. The zero-order valence-corrected chi connectivity index (χ0v) is 14.9. The highest BCUT2D eigenvalue weighted by Crippen LogP contribution is 2.31. The van der Waals surface area contributed by atoms with Gasteiger partial charge in [-0.3, -0.25) is 0 Å². The fourth-order valence-corrected chi connectivity index (χ4v) is 3.56. The predicted molar refractivity (Wildman–Crippen MR) is 95.3 cm³/mol. The van der Waals surface area contributed by atoms with Crippen LogP contribution >= 0.6 is 0 Å². The van der Waals surface area contributed by atoms with E-state index in [0.29, 0.717) is 18.4 Å². The van der Waals surface area contributed by atoms with Crippen molar-refractivity contribution in [1.82, 2.24) is 24.8 Å². The van der Waals surface area contributed by atoms with E-state index in [9.17, 15) is 0 Å². The summed E-state index contributed by atoms with van der Waals surface area (Å²) in [5, 5.41) is 7.69. The van der Waals surface area contributed by atoms with Gasteiger partial charge in [0.2, 0.25) is 5.89 Å². The molecule has 0 saturated heterocycles. The second-order valence-electron chi connectivity index (χ2n) is 7.11. The van der Waals surface area contributed by atoms with Gasteiger partial charge in [-0.25, -0.2) is 4.98 Å². The summed E-state index contributed by atoms with van der Waals surface area (Å²) in [5.41, 5.74) is 3.31. The first-order chi connectivity index (χ1) is 12.2. The van der Waals surface area contributed by atoms with E-state index in [4.69, 9.17) is 4.52 Å². The first-order valence-electron chi connectivity index (χ1n) is 9.20. The quantitative estimate of drug-likeness (QED) is 0.763. The molecule has 3 aromatic rings. The Morgan fingerprint density at radius 3 is 3.00 bits per heavy atom. The first kappa shape index (κ1) is 16.3. The lowest BCUT2D eigenvalue weighted by atomic mass is 9.89. The Bertz CT molecular complexity index is 846.